The van der Waals surface area contributed by atoms with Gasteiger partial charge in [0.2, 0.25) is 0 Å². The molecule has 0 spiro atoms. The van der Waals surface area contributed by atoms with Crippen LogP contribution in [0.1, 0.15) is 98.4 Å². The van der Waals surface area contributed by atoms with Gasteiger partial charge in [0.15, 0.2) is 0 Å². The standard InChI is InChI=1S/C34H38N4O4.As/c1-7-21-17(3)25-13-26-19(5)23(9-11-33(39)40)31(37-26)16-32-24(10-12-34(41)42)20(6)28(38-32)15-30-22(8-2)18(4)27(36-30)14-29(21)35-25;/h13-16,35,38H,7-12H2,1-6H3,(H,39,40)(H,41,42);. The number of aliphatic carboxylic acids is 2. The third kappa shape index (κ3) is 6.12. The van der Waals surface area contributed by atoms with E-state index >= 15 is 0 Å². The largest absolute Gasteiger partial charge is 0.481 e. The number of aromatic nitrogens is 4. The molecule has 0 unspecified atom stereocenters. The van der Waals surface area contributed by atoms with Gasteiger partial charge in [-0.1, -0.05) is 13.8 Å². The van der Waals surface area contributed by atoms with Crippen molar-refractivity contribution in [2.75, 3.05) is 0 Å². The summed E-state index contributed by atoms with van der Waals surface area (Å²) in [6.07, 6.45) is 2.39. The van der Waals surface area contributed by atoms with Gasteiger partial charge in [-0.3, -0.25) is 9.59 Å². The number of aryl methyl sites for hydroxylation is 4. The van der Waals surface area contributed by atoms with E-state index in [1.54, 1.807) is 0 Å². The maximum absolute atomic E-state index is 11.5. The molecule has 3 radical (unpaired) electrons. The van der Waals surface area contributed by atoms with E-state index in [1.807, 2.05) is 26.0 Å². The molecule has 0 atom stereocenters. The summed E-state index contributed by atoms with van der Waals surface area (Å²) in [6, 6.07) is 8.19. The molecule has 0 fully saturated rings. The Hall–Kier alpha value is -3.90. The average Bonchev–Trinajstić information content (AvgIpc) is 3.59. The minimum atomic E-state index is -0.864. The Morgan fingerprint density at radius 3 is 1.63 bits per heavy atom. The second-order valence-corrected chi connectivity index (χ2v) is 11.2. The number of hydrogen-bond donors (Lipinski definition) is 4. The Kier molecular flexibility index (Phi) is 9.50. The fourth-order valence-corrected chi connectivity index (χ4v) is 6.22. The van der Waals surface area contributed by atoms with Gasteiger partial charge >= 0.3 is 11.9 Å². The van der Waals surface area contributed by atoms with Crippen LogP contribution in [0.2, 0.25) is 0 Å². The Morgan fingerprint density at radius 2 is 1.07 bits per heavy atom. The van der Waals surface area contributed by atoms with Crippen LogP contribution in [0.25, 0.3) is 44.4 Å². The first-order chi connectivity index (χ1) is 20.0. The third-order valence-electron chi connectivity index (χ3n) is 8.69. The van der Waals surface area contributed by atoms with Crippen molar-refractivity contribution in [3.63, 3.8) is 0 Å². The summed E-state index contributed by atoms with van der Waals surface area (Å²) < 4.78 is 0. The van der Waals surface area contributed by atoms with Crippen LogP contribution >= 0.6 is 0 Å². The van der Waals surface area contributed by atoms with E-state index in [4.69, 9.17) is 9.97 Å². The van der Waals surface area contributed by atoms with E-state index in [-0.39, 0.29) is 30.8 Å². The molecule has 5 rings (SSSR count). The normalized spacial score (nSPS) is 13.0. The number of carbonyl (C=O) groups is 2. The first kappa shape index (κ1) is 32.0. The summed E-state index contributed by atoms with van der Waals surface area (Å²) >= 11 is 0. The van der Waals surface area contributed by atoms with Crippen molar-refractivity contribution < 1.29 is 19.8 Å². The summed E-state index contributed by atoms with van der Waals surface area (Å²) in [5.74, 6) is -1.72. The maximum atomic E-state index is 11.5. The van der Waals surface area contributed by atoms with Crippen molar-refractivity contribution >= 4 is 74.3 Å². The molecule has 0 saturated carbocycles. The summed E-state index contributed by atoms with van der Waals surface area (Å²) in [7, 11) is 0. The van der Waals surface area contributed by atoms with E-state index in [0.717, 1.165) is 85.4 Å². The quantitative estimate of drug-likeness (QED) is 0.191. The van der Waals surface area contributed by atoms with Crippen LogP contribution in [0.3, 0.4) is 0 Å². The van der Waals surface area contributed by atoms with Crippen molar-refractivity contribution in [2.24, 2.45) is 0 Å². The molecular formula is C34H38AsN4O4. The fourth-order valence-electron chi connectivity index (χ4n) is 6.22. The Labute approximate surface area is 262 Å². The van der Waals surface area contributed by atoms with Gasteiger partial charge in [-0.05, 0) is 122 Å². The third-order valence-corrected chi connectivity index (χ3v) is 8.69. The van der Waals surface area contributed by atoms with Gasteiger partial charge in [-0.15, -0.1) is 0 Å². The number of allylic oxidation sites excluding steroid dienone is 4. The van der Waals surface area contributed by atoms with Crippen molar-refractivity contribution in [1.82, 2.24) is 19.9 Å². The number of aromatic amines is 2. The van der Waals surface area contributed by atoms with Gasteiger partial charge < -0.3 is 20.2 Å². The van der Waals surface area contributed by atoms with Crippen LogP contribution in [0.15, 0.2) is 24.3 Å². The van der Waals surface area contributed by atoms with Crippen LogP contribution in [-0.2, 0) is 22.4 Å². The second-order valence-electron chi connectivity index (χ2n) is 11.2. The number of rotatable bonds is 8. The average molecular weight is 642 g/mol. The number of carboxylic acids is 2. The molecule has 9 heteroatoms. The number of fused-ring (bicyclic) bond motifs is 8. The minimum absolute atomic E-state index is 0. The molecule has 43 heavy (non-hydrogen) atoms. The number of nitrogens with one attached hydrogen (secondary N) is 2. The van der Waals surface area contributed by atoms with Gasteiger partial charge in [0.1, 0.15) is 0 Å². The summed E-state index contributed by atoms with van der Waals surface area (Å²) in [6.45, 7) is 12.5. The van der Waals surface area contributed by atoms with Gasteiger partial charge in [-0.25, -0.2) is 9.97 Å². The molecule has 4 N–H and O–H groups in total. The van der Waals surface area contributed by atoms with Crippen LogP contribution in [-0.4, -0.2) is 60.0 Å². The van der Waals surface area contributed by atoms with E-state index in [1.165, 1.54) is 11.1 Å². The molecule has 0 saturated heterocycles. The van der Waals surface area contributed by atoms with Crippen LogP contribution < -0.4 is 0 Å². The molecule has 3 aromatic rings. The summed E-state index contributed by atoms with van der Waals surface area (Å²) in [5.41, 5.74) is 15.4. The van der Waals surface area contributed by atoms with Gasteiger partial charge in [0, 0.05) is 52.9 Å². The van der Waals surface area contributed by atoms with Crippen molar-refractivity contribution in [1.29, 1.82) is 0 Å². The first-order valence-corrected chi connectivity index (χ1v) is 14.6. The van der Waals surface area contributed by atoms with E-state index in [9.17, 15) is 19.8 Å². The molecule has 223 valence electrons. The molecule has 0 amide bonds. The van der Waals surface area contributed by atoms with Crippen molar-refractivity contribution in [3.05, 3.63) is 69.3 Å². The molecule has 0 aliphatic carbocycles. The molecule has 3 aromatic heterocycles. The zero-order valence-electron chi connectivity index (χ0n) is 25.6. The topological polar surface area (TPSA) is 132 Å². The van der Waals surface area contributed by atoms with E-state index in [0.29, 0.717) is 18.5 Å². The minimum Gasteiger partial charge on any atom is -0.481 e. The number of carboxylic acid groups (broad SMARTS) is 2. The van der Waals surface area contributed by atoms with E-state index < -0.39 is 11.9 Å². The predicted octanol–water partition coefficient (Wildman–Crippen LogP) is 7.27. The molecular weight excluding hydrogens is 603 g/mol. The molecule has 5 heterocycles. The van der Waals surface area contributed by atoms with Gasteiger partial charge in [0.25, 0.3) is 0 Å². The predicted molar refractivity (Wildman–Crippen MR) is 174 cm³/mol. The van der Waals surface area contributed by atoms with Gasteiger partial charge in [0.05, 0.1) is 22.8 Å². The smallest absolute Gasteiger partial charge is 0.303 e. The van der Waals surface area contributed by atoms with Crippen molar-refractivity contribution in [3.8, 4) is 0 Å². The second kappa shape index (κ2) is 12.8. The molecule has 0 aromatic carbocycles. The van der Waals surface area contributed by atoms with Gasteiger partial charge in [-0.2, -0.15) is 0 Å². The number of H-pyrrole nitrogens is 2. The van der Waals surface area contributed by atoms with Crippen LogP contribution in [0.4, 0.5) is 0 Å². The molecule has 2 aliphatic heterocycles. The summed E-state index contributed by atoms with van der Waals surface area (Å²) in [4.78, 5) is 40.3. The molecule has 8 nitrogen and oxygen atoms in total. The fraction of sp³-hybridized carbons (Fsp3) is 0.353. The van der Waals surface area contributed by atoms with Crippen LogP contribution in [0, 0.1) is 13.8 Å². The van der Waals surface area contributed by atoms with Crippen molar-refractivity contribution in [2.45, 2.75) is 80.1 Å². The first-order valence-electron chi connectivity index (χ1n) is 14.6. The molecule has 2 aliphatic rings. The monoisotopic (exact) mass is 641 g/mol. The maximum Gasteiger partial charge on any atom is 0.303 e. The number of nitrogens with zero attached hydrogens (tertiary/aromatic N) is 2. The van der Waals surface area contributed by atoms with Crippen LogP contribution in [0.5, 0.6) is 0 Å². The number of hydrogen-bond acceptors (Lipinski definition) is 4. The Balaban J connectivity index is 0.00000423. The zero-order chi connectivity index (χ0) is 30.3. The summed E-state index contributed by atoms with van der Waals surface area (Å²) in [5, 5.41) is 18.9. The van der Waals surface area contributed by atoms with E-state index in [2.05, 4.69) is 49.8 Å². The Bertz CT molecular complexity index is 1860. The zero-order valence-corrected chi connectivity index (χ0v) is 27.5. The molecule has 8 bridgehead atoms. The SMILES string of the molecule is CCC1=C(C)c2cc3[nH]c(cc4nc(cc5[nH]c(cc1n2)c(C)c5CCC(=O)O)C(CCC(=O)O)=C4C)c(C)c3CC.[As]. The Morgan fingerprint density at radius 1 is 0.628 bits per heavy atom.